The third kappa shape index (κ3) is 6.49. The van der Waals surface area contributed by atoms with Crippen molar-refractivity contribution in [3.8, 4) is 5.88 Å². The molecule has 0 saturated heterocycles. The lowest BCUT2D eigenvalue weighted by molar-refractivity contribution is 0.0493. The number of alkyl carbamates (subject to hydrolysis) is 1. The van der Waals surface area contributed by atoms with Gasteiger partial charge in [-0.3, -0.25) is 4.68 Å². The molecule has 0 radical (unpaired) electrons. The number of benzene rings is 1. The van der Waals surface area contributed by atoms with E-state index in [-0.39, 0.29) is 6.04 Å². The molecule has 0 aliphatic carbocycles. The van der Waals surface area contributed by atoms with Gasteiger partial charge in [-0.05, 0) is 40.2 Å². The molecule has 25 heavy (non-hydrogen) atoms. The molecule has 1 amide bonds. The highest BCUT2D eigenvalue weighted by atomic mass is 16.6. The Morgan fingerprint density at radius 3 is 2.60 bits per heavy atom. The van der Waals surface area contributed by atoms with Crippen molar-refractivity contribution in [2.75, 3.05) is 6.61 Å². The van der Waals surface area contributed by atoms with Gasteiger partial charge >= 0.3 is 6.09 Å². The van der Waals surface area contributed by atoms with Gasteiger partial charge in [-0.15, -0.1) is 5.10 Å². The van der Waals surface area contributed by atoms with Crippen LogP contribution in [-0.2, 0) is 11.3 Å². The molecule has 2 aromatic rings. The Morgan fingerprint density at radius 2 is 1.96 bits per heavy atom. The third-order valence-corrected chi connectivity index (χ3v) is 3.32. The highest BCUT2D eigenvalue weighted by molar-refractivity contribution is 5.68. The van der Waals surface area contributed by atoms with Crippen LogP contribution < -0.4 is 10.1 Å². The number of carbonyl (C=O) groups excluding carboxylic acids is 1. The Morgan fingerprint density at radius 1 is 1.28 bits per heavy atom. The Hall–Kier alpha value is -2.50. The normalized spacial score (nSPS) is 12.5. The van der Waals surface area contributed by atoms with Crippen LogP contribution in [0.1, 0.15) is 38.8 Å². The lowest BCUT2D eigenvalue weighted by Crippen LogP contribution is -2.40. The van der Waals surface area contributed by atoms with Crippen molar-refractivity contribution in [3.63, 3.8) is 0 Å². The predicted molar refractivity (Wildman–Crippen MR) is 96.8 cm³/mol. The van der Waals surface area contributed by atoms with E-state index in [1.54, 1.807) is 0 Å². The van der Waals surface area contributed by atoms with Gasteiger partial charge in [0.2, 0.25) is 5.88 Å². The van der Waals surface area contributed by atoms with E-state index in [0.29, 0.717) is 19.0 Å². The Bertz CT molecular complexity index is 690. The SMILES string of the molecule is Cc1cn(Cc2ccccc2)nc1OC[C@H](C)NC(=O)OC(C)(C)C. The minimum Gasteiger partial charge on any atom is -0.474 e. The average Bonchev–Trinajstić information content (AvgIpc) is 2.84. The molecule has 136 valence electrons. The van der Waals surface area contributed by atoms with Crippen molar-refractivity contribution in [3.05, 3.63) is 47.7 Å². The predicted octanol–water partition coefficient (Wildman–Crippen LogP) is 3.53. The van der Waals surface area contributed by atoms with E-state index in [2.05, 4.69) is 22.5 Å². The average molecular weight is 345 g/mol. The number of aryl methyl sites for hydroxylation is 1. The van der Waals surface area contributed by atoms with E-state index in [9.17, 15) is 4.79 Å². The molecule has 1 aromatic heterocycles. The number of rotatable bonds is 6. The van der Waals surface area contributed by atoms with Crippen molar-refractivity contribution in [1.29, 1.82) is 0 Å². The summed E-state index contributed by atoms with van der Waals surface area (Å²) in [5, 5.41) is 7.22. The fraction of sp³-hybridized carbons (Fsp3) is 0.474. The van der Waals surface area contributed by atoms with Crippen molar-refractivity contribution in [2.45, 2.75) is 52.8 Å². The second-order valence-corrected chi connectivity index (χ2v) is 7.16. The van der Waals surface area contributed by atoms with E-state index in [4.69, 9.17) is 9.47 Å². The highest BCUT2D eigenvalue weighted by Crippen LogP contribution is 2.16. The standard InChI is InChI=1S/C19H27N3O3/c1-14-11-22(12-16-9-7-6-8-10-16)21-17(14)24-13-15(2)20-18(23)25-19(3,4)5/h6-11,15H,12-13H2,1-5H3,(H,20,23)/t15-/m0/s1. The summed E-state index contributed by atoms with van der Waals surface area (Å²) in [4.78, 5) is 11.7. The summed E-state index contributed by atoms with van der Waals surface area (Å²) in [5.74, 6) is 0.578. The number of carbonyl (C=O) groups is 1. The van der Waals surface area contributed by atoms with E-state index in [1.165, 1.54) is 5.56 Å². The van der Waals surface area contributed by atoms with Gasteiger partial charge in [0.15, 0.2) is 0 Å². The number of hydrogen-bond donors (Lipinski definition) is 1. The number of aromatic nitrogens is 2. The third-order valence-electron chi connectivity index (χ3n) is 3.32. The lowest BCUT2D eigenvalue weighted by atomic mass is 10.2. The van der Waals surface area contributed by atoms with Crippen LogP contribution >= 0.6 is 0 Å². The van der Waals surface area contributed by atoms with Crippen LogP contribution in [0.5, 0.6) is 5.88 Å². The van der Waals surface area contributed by atoms with Crippen molar-refractivity contribution >= 4 is 6.09 Å². The number of nitrogens with zero attached hydrogens (tertiary/aromatic N) is 2. The maximum Gasteiger partial charge on any atom is 0.407 e. The summed E-state index contributed by atoms with van der Waals surface area (Å²) in [6.07, 6.45) is 1.50. The van der Waals surface area contributed by atoms with Crippen LogP contribution in [0.2, 0.25) is 0 Å². The molecule has 0 unspecified atom stereocenters. The van der Waals surface area contributed by atoms with Crippen LogP contribution in [-0.4, -0.2) is 34.1 Å². The molecule has 2 rings (SSSR count). The van der Waals surface area contributed by atoms with Gasteiger partial charge in [-0.25, -0.2) is 4.79 Å². The van der Waals surface area contributed by atoms with Crippen molar-refractivity contribution in [1.82, 2.24) is 15.1 Å². The number of nitrogens with one attached hydrogen (secondary N) is 1. The Kier molecular flexibility index (Phi) is 6.07. The molecule has 6 heteroatoms. The van der Waals surface area contributed by atoms with E-state index < -0.39 is 11.7 Å². The number of amides is 1. The van der Waals surface area contributed by atoms with Crippen LogP contribution in [0.25, 0.3) is 0 Å². The molecule has 0 aliphatic rings. The smallest absolute Gasteiger partial charge is 0.407 e. The summed E-state index contributed by atoms with van der Waals surface area (Å²) in [6, 6.07) is 9.94. The molecular weight excluding hydrogens is 318 g/mol. The van der Waals surface area contributed by atoms with Crippen LogP contribution in [0.3, 0.4) is 0 Å². The van der Waals surface area contributed by atoms with Crippen LogP contribution in [0, 0.1) is 6.92 Å². The second-order valence-electron chi connectivity index (χ2n) is 7.16. The highest BCUT2D eigenvalue weighted by Gasteiger charge is 2.18. The first-order valence-corrected chi connectivity index (χ1v) is 8.43. The molecule has 0 bridgehead atoms. The van der Waals surface area contributed by atoms with E-state index >= 15 is 0 Å². The zero-order valence-electron chi connectivity index (χ0n) is 15.6. The van der Waals surface area contributed by atoms with Gasteiger partial charge in [-0.2, -0.15) is 0 Å². The summed E-state index contributed by atoms with van der Waals surface area (Å²) >= 11 is 0. The zero-order valence-corrected chi connectivity index (χ0v) is 15.6. The second kappa shape index (κ2) is 8.05. The zero-order chi connectivity index (χ0) is 18.4. The lowest BCUT2D eigenvalue weighted by Gasteiger charge is -2.21. The van der Waals surface area contributed by atoms with Gasteiger partial charge in [0, 0.05) is 11.8 Å². The number of ether oxygens (including phenoxy) is 2. The fourth-order valence-electron chi connectivity index (χ4n) is 2.25. The Labute approximate surface area is 149 Å². The first kappa shape index (κ1) is 18.8. The minimum atomic E-state index is -0.516. The number of hydrogen-bond acceptors (Lipinski definition) is 4. The van der Waals surface area contributed by atoms with Crippen molar-refractivity contribution in [2.24, 2.45) is 0 Å². The van der Waals surface area contributed by atoms with Gasteiger partial charge in [0.1, 0.15) is 12.2 Å². The van der Waals surface area contributed by atoms with Gasteiger partial charge in [-0.1, -0.05) is 30.3 Å². The maximum absolute atomic E-state index is 11.7. The molecule has 1 heterocycles. The summed E-state index contributed by atoms with van der Waals surface area (Å²) < 4.78 is 12.8. The molecule has 0 spiro atoms. The fourth-order valence-corrected chi connectivity index (χ4v) is 2.25. The summed E-state index contributed by atoms with van der Waals surface area (Å²) in [5.41, 5.74) is 1.62. The van der Waals surface area contributed by atoms with Crippen LogP contribution in [0.4, 0.5) is 4.79 Å². The van der Waals surface area contributed by atoms with Gasteiger partial charge in [0.05, 0.1) is 12.6 Å². The molecule has 0 saturated carbocycles. The van der Waals surface area contributed by atoms with E-state index in [0.717, 1.165) is 5.56 Å². The summed E-state index contributed by atoms with van der Waals surface area (Å²) in [7, 11) is 0. The van der Waals surface area contributed by atoms with E-state index in [1.807, 2.05) is 63.7 Å². The first-order chi connectivity index (χ1) is 11.7. The molecule has 6 nitrogen and oxygen atoms in total. The van der Waals surface area contributed by atoms with Crippen molar-refractivity contribution < 1.29 is 14.3 Å². The Balaban J connectivity index is 1.85. The molecule has 0 aliphatic heterocycles. The molecular formula is C19H27N3O3. The largest absolute Gasteiger partial charge is 0.474 e. The van der Waals surface area contributed by atoms with Gasteiger partial charge < -0.3 is 14.8 Å². The first-order valence-electron chi connectivity index (χ1n) is 8.43. The summed E-state index contributed by atoms with van der Waals surface area (Å²) in [6.45, 7) is 10.3. The molecule has 1 atom stereocenters. The maximum atomic E-state index is 11.7. The molecule has 0 fully saturated rings. The quantitative estimate of drug-likeness (QED) is 0.870. The monoisotopic (exact) mass is 345 g/mol. The topological polar surface area (TPSA) is 65.4 Å². The molecule has 1 aromatic carbocycles. The minimum absolute atomic E-state index is 0.187. The molecule has 1 N–H and O–H groups in total. The van der Waals surface area contributed by atoms with Crippen LogP contribution in [0.15, 0.2) is 36.5 Å². The van der Waals surface area contributed by atoms with Gasteiger partial charge in [0.25, 0.3) is 0 Å².